The van der Waals surface area contributed by atoms with Gasteiger partial charge in [0.1, 0.15) is 10.0 Å². The Balaban J connectivity index is 1.52. The number of benzene rings is 2. The number of hydrogen-bond donors (Lipinski definition) is 1. The monoisotopic (exact) mass is 460 g/mol. The normalized spacial score (nSPS) is 21.5. The summed E-state index contributed by atoms with van der Waals surface area (Å²) in [7, 11) is 4.13. The van der Waals surface area contributed by atoms with Gasteiger partial charge in [-0.15, -0.1) is 0 Å². The zero-order valence-electron chi connectivity index (χ0n) is 16.9. The van der Waals surface area contributed by atoms with E-state index in [1.807, 2.05) is 17.2 Å². The van der Waals surface area contributed by atoms with E-state index in [0.717, 1.165) is 24.2 Å². The van der Waals surface area contributed by atoms with Gasteiger partial charge in [0.25, 0.3) is 5.91 Å². The lowest BCUT2D eigenvalue weighted by atomic mass is 9.66. The van der Waals surface area contributed by atoms with E-state index in [4.69, 9.17) is 10.7 Å². The molecule has 0 saturated heterocycles. The van der Waals surface area contributed by atoms with E-state index < -0.39 is 10.0 Å². The standard InChI is InChI=1S/C23H25ClN2O2S2/c1-29-25-17-5-6-20-19(14-17)23(11-9-22(7-8-22)10-12-23)15-26(20)21(27)16-3-2-4-18(13-16)30(24)28/h2-6,13-14,25H,7-12,15H2,1H3. The summed E-state index contributed by atoms with van der Waals surface area (Å²) in [6.07, 6.45) is 9.55. The van der Waals surface area contributed by atoms with Crippen molar-refractivity contribution in [3.63, 3.8) is 0 Å². The molecule has 1 aliphatic heterocycles. The first-order valence-corrected chi connectivity index (χ1v) is 13.6. The molecule has 2 fully saturated rings. The van der Waals surface area contributed by atoms with Gasteiger partial charge in [0.2, 0.25) is 0 Å². The largest absolute Gasteiger partial charge is 0.330 e. The second-order valence-corrected chi connectivity index (χ2v) is 11.3. The number of fused-ring (bicyclic) bond motifs is 2. The van der Waals surface area contributed by atoms with Crippen LogP contribution in [0.3, 0.4) is 0 Å². The molecule has 2 spiro atoms. The van der Waals surface area contributed by atoms with E-state index in [9.17, 15) is 9.00 Å². The molecular formula is C23H25ClN2O2S2. The predicted octanol–water partition coefficient (Wildman–Crippen LogP) is 5.89. The molecule has 4 nitrogen and oxygen atoms in total. The molecule has 0 aromatic heterocycles. The van der Waals surface area contributed by atoms with Crippen LogP contribution in [0.5, 0.6) is 0 Å². The summed E-state index contributed by atoms with van der Waals surface area (Å²) in [5.41, 5.74) is 4.54. The van der Waals surface area contributed by atoms with Gasteiger partial charge in [-0.05, 0) is 96.6 Å². The Bertz CT molecular complexity index is 1030. The summed E-state index contributed by atoms with van der Waals surface area (Å²) in [5, 5.41) is 0. The van der Waals surface area contributed by atoms with Crippen LogP contribution in [0.15, 0.2) is 47.4 Å². The first kappa shape index (κ1) is 20.4. The van der Waals surface area contributed by atoms with Crippen LogP contribution in [-0.2, 0) is 15.4 Å². The number of carbonyl (C=O) groups excluding carboxylic acids is 1. The lowest BCUT2D eigenvalue weighted by Gasteiger charge is -2.38. The summed E-state index contributed by atoms with van der Waals surface area (Å²) >= 11 is 1.58. The Hall–Kier alpha value is -1.50. The minimum atomic E-state index is -1.63. The van der Waals surface area contributed by atoms with Gasteiger partial charge >= 0.3 is 0 Å². The molecule has 0 radical (unpaired) electrons. The molecule has 1 N–H and O–H groups in total. The minimum Gasteiger partial charge on any atom is -0.330 e. The summed E-state index contributed by atoms with van der Waals surface area (Å²) in [4.78, 5) is 15.9. The highest BCUT2D eigenvalue weighted by Gasteiger charge is 2.53. The van der Waals surface area contributed by atoms with E-state index >= 15 is 0 Å². The van der Waals surface area contributed by atoms with Crippen molar-refractivity contribution in [1.82, 2.24) is 0 Å². The molecule has 2 aromatic rings. The van der Waals surface area contributed by atoms with Gasteiger partial charge in [0.15, 0.2) is 0 Å². The van der Waals surface area contributed by atoms with Crippen LogP contribution < -0.4 is 9.62 Å². The van der Waals surface area contributed by atoms with E-state index in [2.05, 4.69) is 16.9 Å². The second-order valence-electron chi connectivity index (χ2n) is 8.96. The van der Waals surface area contributed by atoms with Gasteiger partial charge in [0.05, 0.1) is 4.90 Å². The molecule has 30 heavy (non-hydrogen) atoms. The molecule has 0 bridgehead atoms. The Morgan fingerprint density at radius 3 is 2.50 bits per heavy atom. The third kappa shape index (κ3) is 3.47. The molecule has 2 aliphatic carbocycles. The highest BCUT2D eigenvalue weighted by atomic mass is 35.7. The van der Waals surface area contributed by atoms with E-state index in [-0.39, 0.29) is 11.3 Å². The fourth-order valence-electron chi connectivity index (χ4n) is 5.28. The zero-order chi connectivity index (χ0) is 20.9. The summed E-state index contributed by atoms with van der Waals surface area (Å²) in [6.45, 7) is 0.716. The first-order chi connectivity index (χ1) is 14.5. The number of rotatable bonds is 4. The number of halogens is 1. The fourth-order valence-corrected chi connectivity index (χ4v) is 6.34. The van der Waals surface area contributed by atoms with Gasteiger partial charge in [-0.3, -0.25) is 4.79 Å². The van der Waals surface area contributed by atoms with Crippen molar-refractivity contribution in [3.8, 4) is 0 Å². The smallest absolute Gasteiger partial charge is 0.258 e. The maximum atomic E-state index is 13.5. The lowest BCUT2D eigenvalue weighted by molar-refractivity contribution is 0.0980. The molecule has 1 atom stereocenters. The van der Waals surface area contributed by atoms with E-state index in [1.165, 1.54) is 31.2 Å². The predicted molar refractivity (Wildman–Crippen MR) is 126 cm³/mol. The van der Waals surface area contributed by atoms with Gasteiger partial charge in [-0.1, -0.05) is 18.0 Å². The van der Waals surface area contributed by atoms with Gasteiger partial charge in [-0.25, -0.2) is 4.21 Å². The van der Waals surface area contributed by atoms with Crippen LogP contribution in [0.1, 0.15) is 54.4 Å². The SMILES string of the molecule is CSNc1ccc2c(c1)C1(CCC3(CC3)CC1)CN2C(=O)c1cccc(S(=O)Cl)c1. The Morgan fingerprint density at radius 1 is 1.10 bits per heavy atom. The third-order valence-corrected chi connectivity index (χ3v) is 8.87. The zero-order valence-corrected chi connectivity index (χ0v) is 19.3. The van der Waals surface area contributed by atoms with Crippen molar-refractivity contribution in [2.24, 2.45) is 5.41 Å². The molecule has 2 saturated carbocycles. The van der Waals surface area contributed by atoms with Gasteiger partial charge in [0, 0.05) is 35.2 Å². The molecule has 3 aliphatic rings. The fraction of sp³-hybridized carbons (Fsp3) is 0.435. The molecule has 2 aromatic carbocycles. The molecule has 5 rings (SSSR count). The first-order valence-electron chi connectivity index (χ1n) is 10.4. The van der Waals surface area contributed by atoms with Crippen LogP contribution in [0.2, 0.25) is 0 Å². The quantitative estimate of drug-likeness (QED) is 0.456. The van der Waals surface area contributed by atoms with E-state index in [0.29, 0.717) is 22.4 Å². The maximum absolute atomic E-state index is 13.5. The molecule has 1 unspecified atom stereocenters. The lowest BCUT2D eigenvalue weighted by Crippen LogP contribution is -2.39. The Morgan fingerprint density at radius 2 is 1.83 bits per heavy atom. The van der Waals surface area contributed by atoms with Crippen LogP contribution in [0, 0.1) is 5.41 Å². The molecule has 7 heteroatoms. The molecular weight excluding hydrogens is 436 g/mol. The minimum absolute atomic E-state index is 0.0296. The van der Waals surface area contributed by atoms with Gasteiger partial charge < -0.3 is 9.62 Å². The number of anilines is 2. The van der Waals surface area contributed by atoms with Crippen LogP contribution in [-0.4, -0.2) is 22.9 Å². The molecule has 1 amide bonds. The van der Waals surface area contributed by atoms with Crippen molar-refractivity contribution in [3.05, 3.63) is 53.6 Å². The van der Waals surface area contributed by atoms with Crippen molar-refractivity contribution in [2.75, 3.05) is 22.4 Å². The van der Waals surface area contributed by atoms with Crippen LogP contribution >= 0.6 is 22.6 Å². The number of carbonyl (C=O) groups is 1. The Labute approximate surface area is 188 Å². The maximum Gasteiger partial charge on any atom is 0.258 e. The van der Waals surface area contributed by atoms with Crippen molar-refractivity contribution < 1.29 is 9.00 Å². The number of hydrogen-bond acceptors (Lipinski definition) is 4. The van der Waals surface area contributed by atoms with Crippen molar-refractivity contribution in [1.29, 1.82) is 0 Å². The Kier molecular flexibility index (Phi) is 5.15. The number of amides is 1. The average Bonchev–Trinajstić information content (AvgIpc) is 3.46. The van der Waals surface area contributed by atoms with Crippen LogP contribution in [0.4, 0.5) is 11.4 Å². The topological polar surface area (TPSA) is 49.4 Å². The van der Waals surface area contributed by atoms with Crippen molar-refractivity contribution in [2.45, 2.75) is 48.8 Å². The highest BCUT2D eigenvalue weighted by Crippen LogP contribution is 2.62. The summed E-state index contributed by atoms with van der Waals surface area (Å²) in [5.74, 6) is -0.0469. The highest BCUT2D eigenvalue weighted by molar-refractivity contribution is 8.08. The average molecular weight is 461 g/mol. The number of nitrogens with one attached hydrogen (secondary N) is 1. The second kappa shape index (κ2) is 7.57. The van der Waals surface area contributed by atoms with Gasteiger partial charge in [-0.2, -0.15) is 0 Å². The summed E-state index contributed by atoms with van der Waals surface area (Å²) in [6, 6.07) is 13.2. The summed E-state index contributed by atoms with van der Waals surface area (Å²) < 4.78 is 15.0. The molecule has 158 valence electrons. The number of nitrogens with zero attached hydrogens (tertiary/aromatic N) is 1. The van der Waals surface area contributed by atoms with E-state index in [1.54, 1.807) is 36.2 Å². The van der Waals surface area contributed by atoms with Crippen LogP contribution in [0.25, 0.3) is 0 Å². The van der Waals surface area contributed by atoms with Crippen molar-refractivity contribution >= 4 is 49.9 Å². The third-order valence-electron chi connectivity index (χ3n) is 7.28. The molecule has 1 heterocycles.